The van der Waals surface area contributed by atoms with Gasteiger partial charge in [-0.1, -0.05) is 41.9 Å². The Hall–Kier alpha value is -1.40. The smallest absolute Gasteiger partial charge is 0.243 e. The van der Waals surface area contributed by atoms with E-state index in [1.807, 2.05) is 0 Å². The summed E-state index contributed by atoms with van der Waals surface area (Å²) in [5, 5.41) is 0.449. The number of fused-ring (bicyclic) bond motifs is 1. The van der Waals surface area contributed by atoms with Crippen LogP contribution in [0, 0.1) is 0 Å². The quantitative estimate of drug-likeness (QED) is 0.826. The van der Waals surface area contributed by atoms with E-state index < -0.39 is 10.0 Å². The van der Waals surface area contributed by atoms with Gasteiger partial charge in [-0.2, -0.15) is 4.31 Å². The van der Waals surface area contributed by atoms with Gasteiger partial charge in [0.1, 0.15) is 0 Å². The number of benzene rings is 2. The first-order valence-electron chi connectivity index (χ1n) is 8.60. The monoisotopic (exact) mass is 376 g/mol. The van der Waals surface area contributed by atoms with E-state index in [9.17, 15) is 8.42 Å². The molecule has 1 saturated heterocycles. The van der Waals surface area contributed by atoms with Crippen LogP contribution in [-0.4, -0.2) is 43.3 Å². The minimum Gasteiger partial charge on any atom is -0.294 e. The first kappa shape index (κ1) is 17.0. The molecule has 0 radical (unpaired) electrons. The van der Waals surface area contributed by atoms with Gasteiger partial charge in [-0.25, -0.2) is 8.42 Å². The van der Waals surface area contributed by atoms with Crippen LogP contribution >= 0.6 is 11.6 Å². The molecule has 6 heteroatoms. The molecule has 0 bridgehead atoms. The highest BCUT2D eigenvalue weighted by Crippen LogP contribution is 2.28. The van der Waals surface area contributed by atoms with Crippen molar-refractivity contribution < 1.29 is 8.42 Å². The molecule has 2 aromatic carbocycles. The zero-order chi connectivity index (χ0) is 17.4. The maximum absolute atomic E-state index is 12.9. The van der Waals surface area contributed by atoms with E-state index in [1.165, 1.54) is 17.2 Å². The van der Waals surface area contributed by atoms with Crippen molar-refractivity contribution in [1.82, 2.24) is 9.21 Å². The van der Waals surface area contributed by atoms with Crippen LogP contribution in [0.25, 0.3) is 0 Å². The summed E-state index contributed by atoms with van der Waals surface area (Å²) in [5.74, 6) is 0. The van der Waals surface area contributed by atoms with Crippen LogP contribution in [0.3, 0.4) is 0 Å². The molecule has 0 amide bonds. The molecule has 1 unspecified atom stereocenters. The standard InChI is InChI=1S/C19H21ClN2O2S/c20-17-6-3-7-19(12-17)25(23,24)22-11-9-18(14-22)21-10-8-15-4-1-2-5-16(15)13-21/h1-7,12,18H,8-11,13-14H2. The van der Waals surface area contributed by atoms with Gasteiger partial charge in [-0.3, -0.25) is 4.90 Å². The molecule has 0 saturated carbocycles. The Labute approximate surface area is 154 Å². The number of halogens is 1. The Bertz CT molecular complexity index is 884. The molecule has 2 aliphatic rings. The van der Waals surface area contributed by atoms with Gasteiger partial charge in [0.05, 0.1) is 4.90 Å². The number of hydrogen-bond donors (Lipinski definition) is 0. The lowest BCUT2D eigenvalue weighted by atomic mass is 9.98. The second kappa shape index (κ2) is 6.72. The highest BCUT2D eigenvalue weighted by Gasteiger charge is 2.36. The minimum atomic E-state index is -3.47. The fourth-order valence-electron chi connectivity index (χ4n) is 3.83. The maximum atomic E-state index is 12.9. The summed E-state index contributed by atoms with van der Waals surface area (Å²) in [6, 6.07) is 15.3. The van der Waals surface area contributed by atoms with Crippen LogP contribution < -0.4 is 0 Å². The Morgan fingerprint density at radius 1 is 1.00 bits per heavy atom. The number of nitrogens with zero attached hydrogens (tertiary/aromatic N) is 2. The topological polar surface area (TPSA) is 40.6 Å². The van der Waals surface area contributed by atoms with Crippen molar-refractivity contribution in [3.05, 3.63) is 64.7 Å². The molecule has 2 heterocycles. The first-order chi connectivity index (χ1) is 12.0. The van der Waals surface area contributed by atoms with Crippen molar-refractivity contribution in [1.29, 1.82) is 0 Å². The Morgan fingerprint density at radius 2 is 1.80 bits per heavy atom. The second-order valence-corrected chi connectivity index (χ2v) is 9.13. The van der Waals surface area contributed by atoms with Gasteiger partial charge in [0.25, 0.3) is 0 Å². The van der Waals surface area contributed by atoms with E-state index >= 15 is 0 Å². The van der Waals surface area contributed by atoms with Crippen LogP contribution in [0.15, 0.2) is 53.4 Å². The van der Waals surface area contributed by atoms with Gasteiger partial charge < -0.3 is 0 Å². The summed E-state index contributed by atoms with van der Waals surface area (Å²) in [6.45, 7) is 3.02. The fourth-order valence-corrected chi connectivity index (χ4v) is 5.63. The Kier molecular flexibility index (Phi) is 4.58. The van der Waals surface area contributed by atoms with Gasteiger partial charge in [0.15, 0.2) is 0 Å². The molecule has 1 fully saturated rings. The predicted molar refractivity (Wildman–Crippen MR) is 99.2 cm³/mol. The van der Waals surface area contributed by atoms with Crippen LogP contribution in [0.4, 0.5) is 0 Å². The summed E-state index contributed by atoms with van der Waals surface area (Å²) < 4.78 is 27.3. The van der Waals surface area contributed by atoms with E-state index in [0.29, 0.717) is 18.1 Å². The van der Waals surface area contributed by atoms with Crippen molar-refractivity contribution in [3.8, 4) is 0 Å². The predicted octanol–water partition coefficient (Wildman–Crippen LogP) is 3.16. The molecular formula is C19H21ClN2O2S. The lowest BCUT2D eigenvalue weighted by molar-refractivity contribution is 0.185. The van der Waals surface area contributed by atoms with Crippen molar-refractivity contribution >= 4 is 21.6 Å². The van der Waals surface area contributed by atoms with Crippen LogP contribution in [0.2, 0.25) is 5.02 Å². The highest BCUT2D eigenvalue weighted by molar-refractivity contribution is 7.89. The zero-order valence-corrected chi connectivity index (χ0v) is 15.5. The van der Waals surface area contributed by atoms with Crippen molar-refractivity contribution in [2.45, 2.75) is 30.3 Å². The average molecular weight is 377 g/mol. The molecule has 132 valence electrons. The van der Waals surface area contributed by atoms with E-state index in [4.69, 9.17) is 11.6 Å². The summed E-state index contributed by atoms with van der Waals surface area (Å²) in [7, 11) is -3.47. The van der Waals surface area contributed by atoms with Crippen molar-refractivity contribution in [2.24, 2.45) is 0 Å². The fraction of sp³-hybridized carbons (Fsp3) is 0.368. The molecule has 0 spiro atoms. The highest BCUT2D eigenvalue weighted by atomic mass is 35.5. The van der Waals surface area contributed by atoms with Crippen molar-refractivity contribution in [2.75, 3.05) is 19.6 Å². The maximum Gasteiger partial charge on any atom is 0.243 e. The SMILES string of the molecule is O=S(=O)(c1cccc(Cl)c1)N1CCC(N2CCc3ccccc3C2)C1. The third-order valence-corrected chi connectivity index (χ3v) is 7.33. The van der Waals surface area contributed by atoms with Gasteiger partial charge in [0, 0.05) is 37.2 Å². The summed E-state index contributed by atoms with van der Waals surface area (Å²) in [4.78, 5) is 2.71. The Morgan fingerprint density at radius 3 is 2.60 bits per heavy atom. The van der Waals surface area contributed by atoms with Crippen LogP contribution in [-0.2, 0) is 23.0 Å². The molecule has 0 N–H and O–H groups in total. The summed E-state index contributed by atoms with van der Waals surface area (Å²) in [5.41, 5.74) is 2.78. The van der Waals surface area contributed by atoms with Crippen LogP contribution in [0.5, 0.6) is 0 Å². The number of hydrogen-bond acceptors (Lipinski definition) is 3. The van der Waals surface area contributed by atoms with E-state index in [1.54, 1.807) is 22.5 Å². The zero-order valence-electron chi connectivity index (χ0n) is 13.9. The molecule has 1 atom stereocenters. The van der Waals surface area contributed by atoms with Gasteiger partial charge in [-0.05, 0) is 42.2 Å². The van der Waals surface area contributed by atoms with Gasteiger partial charge in [0.2, 0.25) is 10.0 Å². The summed E-state index contributed by atoms with van der Waals surface area (Å²) in [6.07, 6.45) is 1.91. The van der Waals surface area contributed by atoms with E-state index in [0.717, 1.165) is 25.9 Å². The third kappa shape index (κ3) is 3.34. The molecule has 0 aliphatic carbocycles. The lowest BCUT2D eigenvalue weighted by Crippen LogP contribution is -2.41. The largest absolute Gasteiger partial charge is 0.294 e. The molecule has 4 rings (SSSR count). The average Bonchev–Trinajstić information content (AvgIpc) is 3.12. The Balaban J connectivity index is 1.49. The van der Waals surface area contributed by atoms with Crippen molar-refractivity contribution in [3.63, 3.8) is 0 Å². The third-order valence-electron chi connectivity index (χ3n) is 5.24. The van der Waals surface area contributed by atoms with Gasteiger partial charge in [-0.15, -0.1) is 0 Å². The molecule has 2 aromatic rings. The molecule has 0 aromatic heterocycles. The minimum absolute atomic E-state index is 0.280. The first-order valence-corrected chi connectivity index (χ1v) is 10.4. The number of sulfonamides is 1. The summed E-state index contributed by atoms with van der Waals surface area (Å²) >= 11 is 5.96. The second-order valence-electron chi connectivity index (χ2n) is 6.75. The lowest BCUT2D eigenvalue weighted by Gasteiger charge is -2.33. The van der Waals surface area contributed by atoms with Crippen LogP contribution in [0.1, 0.15) is 17.5 Å². The van der Waals surface area contributed by atoms with E-state index in [-0.39, 0.29) is 10.9 Å². The normalized spacial score (nSPS) is 22.0. The molecule has 2 aliphatic heterocycles. The molecule has 25 heavy (non-hydrogen) atoms. The van der Waals surface area contributed by atoms with E-state index in [2.05, 4.69) is 29.2 Å². The number of rotatable bonds is 3. The molecular weight excluding hydrogens is 356 g/mol. The molecule has 4 nitrogen and oxygen atoms in total. The van der Waals surface area contributed by atoms with Gasteiger partial charge >= 0.3 is 0 Å².